The van der Waals surface area contributed by atoms with E-state index < -0.39 is 17.6 Å². The van der Waals surface area contributed by atoms with E-state index in [4.69, 9.17) is 5.73 Å². The molecule has 1 aromatic rings. The van der Waals surface area contributed by atoms with Gasteiger partial charge in [0, 0.05) is 6.42 Å². The highest BCUT2D eigenvalue weighted by Crippen LogP contribution is 2.39. The van der Waals surface area contributed by atoms with E-state index in [-0.39, 0.29) is 17.8 Å². The van der Waals surface area contributed by atoms with Crippen LogP contribution in [-0.4, -0.2) is 5.91 Å². The summed E-state index contributed by atoms with van der Waals surface area (Å²) in [6.45, 7) is 5.63. The van der Waals surface area contributed by atoms with Crippen molar-refractivity contribution in [2.24, 2.45) is 11.1 Å². The zero-order chi connectivity index (χ0) is 14.8. The molecule has 1 aromatic carbocycles. The maximum atomic E-state index is 12.7. The predicted octanol–water partition coefficient (Wildman–Crippen LogP) is 3.71. The van der Waals surface area contributed by atoms with Crippen LogP contribution in [0.2, 0.25) is 0 Å². The number of amides is 1. The van der Waals surface area contributed by atoms with Crippen LogP contribution in [0.25, 0.3) is 0 Å². The molecule has 0 bridgehead atoms. The first-order valence-electron chi connectivity index (χ1n) is 5.97. The summed E-state index contributed by atoms with van der Waals surface area (Å²) < 4.78 is 38.1. The third-order valence-corrected chi connectivity index (χ3v) is 3.07. The molecule has 0 aliphatic carbocycles. The minimum absolute atomic E-state index is 0.0326. The fourth-order valence-electron chi connectivity index (χ4n) is 2.06. The lowest BCUT2D eigenvalue weighted by Crippen LogP contribution is -2.25. The van der Waals surface area contributed by atoms with Gasteiger partial charge in [0.25, 0.3) is 0 Å². The van der Waals surface area contributed by atoms with Crippen molar-refractivity contribution >= 4 is 5.91 Å². The van der Waals surface area contributed by atoms with Crippen molar-refractivity contribution in [3.63, 3.8) is 0 Å². The smallest absolute Gasteiger partial charge is 0.370 e. The Kier molecular flexibility index (Phi) is 4.28. The molecular weight excluding hydrogens is 255 g/mol. The van der Waals surface area contributed by atoms with Gasteiger partial charge in [-0.15, -0.1) is 0 Å². The minimum Gasteiger partial charge on any atom is -0.370 e. The van der Waals surface area contributed by atoms with Gasteiger partial charge in [-0.3, -0.25) is 4.79 Å². The number of nitrogens with two attached hydrogens (primary N) is 1. The predicted molar refractivity (Wildman–Crippen MR) is 67.5 cm³/mol. The molecule has 0 heterocycles. The van der Waals surface area contributed by atoms with Gasteiger partial charge < -0.3 is 5.73 Å². The number of alkyl halides is 3. The lowest BCUT2D eigenvalue weighted by molar-refractivity contribution is -0.137. The molecule has 5 heteroatoms. The number of hydrogen-bond acceptors (Lipinski definition) is 1. The monoisotopic (exact) mass is 273 g/mol. The van der Waals surface area contributed by atoms with Crippen molar-refractivity contribution in [3.05, 3.63) is 35.4 Å². The first-order valence-corrected chi connectivity index (χ1v) is 5.97. The third kappa shape index (κ3) is 4.26. The van der Waals surface area contributed by atoms with Gasteiger partial charge >= 0.3 is 6.18 Å². The lowest BCUT2D eigenvalue weighted by atomic mass is 9.74. The lowest BCUT2D eigenvalue weighted by Gasteiger charge is -2.30. The fraction of sp³-hybridized carbons (Fsp3) is 0.500. The number of carbonyl (C=O) groups excluding carboxylic acids is 1. The van der Waals surface area contributed by atoms with Gasteiger partial charge in [-0.25, -0.2) is 0 Å². The molecule has 2 nitrogen and oxygen atoms in total. The first kappa shape index (κ1) is 15.5. The van der Waals surface area contributed by atoms with Crippen molar-refractivity contribution in [2.45, 2.75) is 39.3 Å². The van der Waals surface area contributed by atoms with Crippen LogP contribution in [0, 0.1) is 5.41 Å². The van der Waals surface area contributed by atoms with E-state index in [9.17, 15) is 18.0 Å². The molecule has 1 rings (SSSR count). The summed E-state index contributed by atoms with van der Waals surface area (Å²) in [5.74, 6) is -0.857. The van der Waals surface area contributed by atoms with Gasteiger partial charge in [-0.1, -0.05) is 39.0 Å². The number of benzene rings is 1. The van der Waals surface area contributed by atoms with Crippen LogP contribution >= 0.6 is 0 Å². The van der Waals surface area contributed by atoms with Crippen molar-refractivity contribution in [3.8, 4) is 0 Å². The molecule has 1 amide bonds. The van der Waals surface area contributed by atoms with E-state index in [1.807, 2.05) is 20.8 Å². The maximum Gasteiger partial charge on any atom is 0.416 e. The third-order valence-electron chi connectivity index (χ3n) is 3.07. The molecule has 0 aliphatic rings. The van der Waals surface area contributed by atoms with Gasteiger partial charge in [0.05, 0.1) is 5.56 Å². The van der Waals surface area contributed by atoms with E-state index in [2.05, 4.69) is 0 Å². The van der Waals surface area contributed by atoms with E-state index in [0.717, 1.165) is 12.1 Å². The van der Waals surface area contributed by atoms with Crippen LogP contribution in [-0.2, 0) is 11.0 Å². The Morgan fingerprint density at radius 3 is 2.26 bits per heavy atom. The van der Waals surface area contributed by atoms with Crippen LogP contribution in [0.15, 0.2) is 24.3 Å². The molecule has 0 fully saturated rings. The Morgan fingerprint density at radius 2 is 1.84 bits per heavy atom. The standard InChI is InChI=1S/C14H18F3NO/c1-13(2,3)11(8-12(18)19)9-5-4-6-10(7-9)14(15,16)17/h4-7,11H,8H2,1-3H3,(H2,18,19). The van der Waals surface area contributed by atoms with Crippen molar-refractivity contribution in [2.75, 3.05) is 0 Å². The van der Waals surface area contributed by atoms with Gasteiger partial charge in [-0.2, -0.15) is 13.2 Å². The summed E-state index contributed by atoms with van der Waals surface area (Å²) in [5.41, 5.74) is 4.62. The van der Waals surface area contributed by atoms with Gasteiger partial charge in [-0.05, 0) is 23.0 Å². The number of hydrogen-bond donors (Lipinski definition) is 1. The number of primary amides is 1. The second-order valence-electron chi connectivity index (χ2n) is 5.71. The second kappa shape index (κ2) is 5.23. The van der Waals surface area contributed by atoms with Crippen molar-refractivity contribution in [1.29, 1.82) is 0 Å². The summed E-state index contributed by atoms with van der Waals surface area (Å²) >= 11 is 0. The molecule has 0 saturated heterocycles. The number of rotatable bonds is 3. The number of carbonyl (C=O) groups is 1. The Balaban J connectivity index is 3.20. The quantitative estimate of drug-likeness (QED) is 0.896. The first-order chi connectivity index (χ1) is 8.51. The molecule has 0 radical (unpaired) electrons. The van der Waals surface area contributed by atoms with Crippen LogP contribution in [0.4, 0.5) is 13.2 Å². The summed E-state index contributed by atoms with van der Waals surface area (Å²) in [5, 5.41) is 0. The molecule has 0 spiro atoms. The molecule has 0 saturated carbocycles. The summed E-state index contributed by atoms with van der Waals surface area (Å²) in [7, 11) is 0. The second-order valence-corrected chi connectivity index (χ2v) is 5.71. The van der Waals surface area contributed by atoms with E-state index in [1.165, 1.54) is 6.07 Å². The highest BCUT2D eigenvalue weighted by molar-refractivity contribution is 5.75. The molecule has 1 unspecified atom stereocenters. The molecule has 2 N–H and O–H groups in total. The molecule has 0 aliphatic heterocycles. The molecule has 0 aromatic heterocycles. The number of halogens is 3. The normalized spacial score (nSPS) is 14.2. The van der Waals surface area contributed by atoms with E-state index in [1.54, 1.807) is 6.07 Å². The summed E-state index contributed by atoms with van der Waals surface area (Å²) in [6.07, 6.45) is -4.35. The van der Waals surface area contributed by atoms with E-state index >= 15 is 0 Å². The average Bonchev–Trinajstić information content (AvgIpc) is 2.23. The molecule has 106 valence electrons. The zero-order valence-electron chi connectivity index (χ0n) is 11.2. The maximum absolute atomic E-state index is 12.7. The Morgan fingerprint density at radius 1 is 1.26 bits per heavy atom. The average molecular weight is 273 g/mol. The van der Waals surface area contributed by atoms with Crippen LogP contribution < -0.4 is 5.73 Å². The molecule has 19 heavy (non-hydrogen) atoms. The van der Waals surface area contributed by atoms with Crippen LogP contribution in [0.1, 0.15) is 44.2 Å². The Labute approximate surface area is 110 Å². The summed E-state index contributed by atoms with van der Waals surface area (Å²) in [6, 6.07) is 5.08. The van der Waals surface area contributed by atoms with Crippen LogP contribution in [0.3, 0.4) is 0 Å². The highest BCUT2D eigenvalue weighted by Gasteiger charge is 2.33. The Bertz CT molecular complexity index is 460. The molecular formula is C14H18F3NO. The SMILES string of the molecule is CC(C)(C)C(CC(N)=O)c1cccc(C(F)(F)F)c1. The van der Waals surface area contributed by atoms with Crippen molar-refractivity contribution < 1.29 is 18.0 Å². The largest absolute Gasteiger partial charge is 0.416 e. The van der Waals surface area contributed by atoms with Crippen molar-refractivity contribution in [1.82, 2.24) is 0 Å². The minimum atomic E-state index is -4.38. The van der Waals surface area contributed by atoms with Crippen LogP contribution in [0.5, 0.6) is 0 Å². The van der Waals surface area contributed by atoms with E-state index in [0.29, 0.717) is 5.56 Å². The van der Waals surface area contributed by atoms with Gasteiger partial charge in [0.15, 0.2) is 0 Å². The topological polar surface area (TPSA) is 43.1 Å². The Hall–Kier alpha value is -1.52. The van der Waals surface area contributed by atoms with Gasteiger partial charge in [0.1, 0.15) is 0 Å². The highest BCUT2D eigenvalue weighted by atomic mass is 19.4. The van der Waals surface area contributed by atoms with Gasteiger partial charge in [0.2, 0.25) is 5.91 Å². The summed E-state index contributed by atoms with van der Waals surface area (Å²) in [4.78, 5) is 11.1. The molecule has 1 atom stereocenters. The fourth-order valence-corrected chi connectivity index (χ4v) is 2.06. The zero-order valence-corrected chi connectivity index (χ0v) is 11.2.